The minimum absolute atomic E-state index is 0.208. The van der Waals surface area contributed by atoms with Gasteiger partial charge in [0.25, 0.3) is 0 Å². The molecule has 19 heavy (non-hydrogen) atoms. The van der Waals surface area contributed by atoms with Crippen LogP contribution in [0.5, 0.6) is 5.75 Å². The van der Waals surface area contributed by atoms with Crippen molar-refractivity contribution in [3.05, 3.63) is 35.4 Å². The topological polar surface area (TPSA) is 35.5 Å². The first-order valence-electron chi connectivity index (χ1n) is 6.53. The van der Waals surface area contributed by atoms with Gasteiger partial charge >= 0.3 is 5.97 Å². The van der Waals surface area contributed by atoms with E-state index in [9.17, 15) is 4.79 Å². The zero-order chi connectivity index (χ0) is 14.4. The summed E-state index contributed by atoms with van der Waals surface area (Å²) in [5, 5.41) is 0. The summed E-state index contributed by atoms with van der Waals surface area (Å²) in [6.45, 7) is 8.30. The average Bonchev–Trinajstić information content (AvgIpc) is 2.36. The van der Waals surface area contributed by atoms with Crippen molar-refractivity contribution < 1.29 is 14.3 Å². The van der Waals surface area contributed by atoms with Gasteiger partial charge in [-0.15, -0.1) is 0 Å². The molecule has 1 aromatic rings. The summed E-state index contributed by atoms with van der Waals surface area (Å²) in [5.74, 6) is 0.671. The van der Waals surface area contributed by atoms with Gasteiger partial charge in [0.2, 0.25) is 0 Å². The molecule has 0 atom stereocenters. The van der Waals surface area contributed by atoms with Crippen molar-refractivity contribution in [2.24, 2.45) is 5.92 Å². The molecule has 104 valence electrons. The molecule has 0 fully saturated rings. The van der Waals surface area contributed by atoms with Gasteiger partial charge in [0.1, 0.15) is 5.75 Å². The fraction of sp³-hybridized carbons (Fsp3) is 0.438. The summed E-state index contributed by atoms with van der Waals surface area (Å²) in [7, 11) is 1.64. The van der Waals surface area contributed by atoms with Crippen LogP contribution in [-0.4, -0.2) is 19.7 Å². The second-order valence-corrected chi connectivity index (χ2v) is 4.71. The fourth-order valence-corrected chi connectivity index (χ4v) is 1.91. The Labute approximate surface area is 115 Å². The van der Waals surface area contributed by atoms with E-state index in [-0.39, 0.29) is 11.9 Å². The van der Waals surface area contributed by atoms with E-state index in [1.54, 1.807) is 20.1 Å². The number of carbonyl (C=O) groups excluding carboxylic acids is 1. The Balaban J connectivity index is 3.26. The van der Waals surface area contributed by atoms with Gasteiger partial charge in [0.15, 0.2) is 0 Å². The summed E-state index contributed by atoms with van der Waals surface area (Å²) in [5.41, 5.74) is 3.01. The van der Waals surface area contributed by atoms with E-state index in [4.69, 9.17) is 9.47 Å². The Morgan fingerprint density at radius 2 is 2.05 bits per heavy atom. The number of methoxy groups -OCH3 is 1. The highest BCUT2D eigenvalue weighted by molar-refractivity contribution is 5.92. The van der Waals surface area contributed by atoms with E-state index in [1.807, 2.05) is 39.0 Å². The normalized spacial score (nSPS) is 11.6. The molecule has 0 heterocycles. The number of allylic oxidation sites excluding steroid dienone is 1. The molecule has 0 aliphatic rings. The lowest BCUT2D eigenvalue weighted by Gasteiger charge is -2.16. The first kappa shape index (κ1) is 15.3. The van der Waals surface area contributed by atoms with Crippen LogP contribution in [0, 0.1) is 12.8 Å². The minimum atomic E-state index is -0.310. The summed E-state index contributed by atoms with van der Waals surface area (Å²) in [6.07, 6.45) is 1.56. The second-order valence-electron chi connectivity index (χ2n) is 4.71. The summed E-state index contributed by atoms with van der Waals surface area (Å²) < 4.78 is 10.4. The number of ether oxygens (including phenoxy) is 2. The maximum atomic E-state index is 11.7. The van der Waals surface area contributed by atoms with Crippen molar-refractivity contribution in [2.75, 3.05) is 13.7 Å². The quantitative estimate of drug-likeness (QED) is 0.600. The zero-order valence-corrected chi connectivity index (χ0v) is 12.3. The zero-order valence-electron chi connectivity index (χ0n) is 12.3. The SMILES string of the molecule is CCOC(=O)C=C(c1cc(C)ccc1OC)C(C)C. The lowest BCUT2D eigenvalue weighted by molar-refractivity contribution is -0.137. The molecule has 1 aromatic carbocycles. The smallest absolute Gasteiger partial charge is 0.331 e. The van der Waals surface area contributed by atoms with Gasteiger partial charge in [0, 0.05) is 11.6 Å². The number of carbonyl (C=O) groups is 1. The predicted octanol–water partition coefficient (Wildman–Crippen LogP) is 3.61. The molecule has 0 saturated carbocycles. The van der Waals surface area contributed by atoms with Crippen LogP contribution in [0.15, 0.2) is 24.3 Å². The maximum Gasteiger partial charge on any atom is 0.331 e. The molecule has 0 N–H and O–H groups in total. The molecule has 0 aromatic heterocycles. The van der Waals surface area contributed by atoms with Gasteiger partial charge in [0.05, 0.1) is 13.7 Å². The first-order valence-corrected chi connectivity index (χ1v) is 6.53. The molecule has 0 radical (unpaired) electrons. The standard InChI is InChI=1S/C16H22O3/c1-6-19-16(17)10-13(11(2)3)14-9-12(4)7-8-15(14)18-5/h7-11H,6H2,1-5H3. The van der Waals surface area contributed by atoms with Gasteiger partial charge in [-0.25, -0.2) is 4.79 Å². The highest BCUT2D eigenvalue weighted by Gasteiger charge is 2.14. The van der Waals surface area contributed by atoms with E-state index in [2.05, 4.69) is 0 Å². The van der Waals surface area contributed by atoms with Crippen molar-refractivity contribution in [3.63, 3.8) is 0 Å². The van der Waals surface area contributed by atoms with Crippen molar-refractivity contribution in [1.82, 2.24) is 0 Å². The van der Waals surface area contributed by atoms with E-state index < -0.39 is 0 Å². The van der Waals surface area contributed by atoms with Crippen LogP contribution in [0.2, 0.25) is 0 Å². The lowest BCUT2D eigenvalue weighted by atomic mass is 9.93. The Morgan fingerprint density at radius 1 is 1.37 bits per heavy atom. The first-order chi connectivity index (χ1) is 8.99. The summed E-state index contributed by atoms with van der Waals surface area (Å²) >= 11 is 0. The molecule has 3 nitrogen and oxygen atoms in total. The van der Waals surface area contributed by atoms with Gasteiger partial charge in [-0.3, -0.25) is 0 Å². The number of hydrogen-bond donors (Lipinski definition) is 0. The van der Waals surface area contributed by atoms with Crippen molar-refractivity contribution >= 4 is 11.5 Å². The Kier molecular flexibility index (Phi) is 5.61. The third-order valence-corrected chi connectivity index (χ3v) is 2.85. The maximum absolute atomic E-state index is 11.7. The molecule has 0 bridgehead atoms. The van der Waals surface area contributed by atoms with Crippen LogP contribution in [0.4, 0.5) is 0 Å². The van der Waals surface area contributed by atoms with E-state index in [0.717, 1.165) is 22.4 Å². The van der Waals surface area contributed by atoms with Crippen molar-refractivity contribution in [1.29, 1.82) is 0 Å². The van der Waals surface area contributed by atoms with Gasteiger partial charge in [-0.05, 0) is 37.5 Å². The molecule has 3 heteroatoms. The number of rotatable bonds is 5. The van der Waals surface area contributed by atoms with E-state index in [1.165, 1.54) is 0 Å². The minimum Gasteiger partial charge on any atom is -0.496 e. The summed E-state index contributed by atoms with van der Waals surface area (Å²) in [6, 6.07) is 5.95. The van der Waals surface area contributed by atoms with Gasteiger partial charge in [-0.2, -0.15) is 0 Å². The summed E-state index contributed by atoms with van der Waals surface area (Å²) in [4.78, 5) is 11.7. The second kappa shape index (κ2) is 6.98. The lowest BCUT2D eigenvalue weighted by Crippen LogP contribution is -2.05. The molecule has 0 saturated heterocycles. The van der Waals surface area contributed by atoms with Crippen LogP contribution >= 0.6 is 0 Å². The third-order valence-electron chi connectivity index (χ3n) is 2.85. The molecular formula is C16H22O3. The van der Waals surface area contributed by atoms with Crippen molar-refractivity contribution in [3.8, 4) is 5.75 Å². The molecule has 0 unspecified atom stereocenters. The van der Waals surface area contributed by atoms with Crippen LogP contribution in [0.25, 0.3) is 5.57 Å². The largest absolute Gasteiger partial charge is 0.496 e. The number of hydrogen-bond acceptors (Lipinski definition) is 3. The van der Waals surface area contributed by atoms with Crippen molar-refractivity contribution in [2.45, 2.75) is 27.7 Å². The predicted molar refractivity (Wildman–Crippen MR) is 77.2 cm³/mol. The van der Waals surface area contributed by atoms with E-state index in [0.29, 0.717) is 6.61 Å². The highest BCUT2D eigenvalue weighted by atomic mass is 16.5. The van der Waals surface area contributed by atoms with Gasteiger partial charge < -0.3 is 9.47 Å². The third kappa shape index (κ3) is 4.12. The molecular weight excluding hydrogens is 240 g/mol. The fourth-order valence-electron chi connectivity index (χ4n) is 1.91. The Bertz CT molecular complexity index is 473. The molecule has 0 aliphatic heterocycles. The van der Waals surface area contributed by atoms with Crippen LogP contribution in [-0.2, 0) is 9.53 Å². The molecule has 0 spiro atoms. The van der Waals surface area contributed by atoms with Crippen LogP contribution < -0.4 is 4.74 Å². The number of esters is 1. The molecule has 0 amide bonds. The Morgan fingerprint density at radius 3 is 2.58 bits per heavy atom. The average molecular weight is 262 g/mol. The van der Waals surface area contributed by atoms with E-state index >= 15 is 0 Å². The molecule has 1 rings (SSSR count). The highest BCUT2D eigenvalue weighted by Crippen LogP contribution is 2.31. The number of benzene rings is 1. The molecule has 0 aliphatic carbocycles. The van der Waals surface area contributed by atoms with Crippen LogP contribution in [0.3, 0.4) is 0 Å². The van der Waals surface area contributed by atoms with Gasteiger partial charge in [-0.1, -0.05) is 25.5 Å². The number of aryl methyl sites for hydroxylation is 1. The van der Waals surface area contributed by atoms with Crippen LogP contribution in [0.1, 0.15) is 31.9 Å². The Hall–Kier alpha value is -1.77. The monoisotopic (exact) mass is 262 g/mol.